The van der Waals surface area contributed by atoms with Crippen LogP contribution in [-0.4, -0.2) is 82.3 Å². The molecule has 0 aromatic heterocycles. The lowest BCUT2D eigenvalue weighted by Crippen LogP contribution is -2.44. The number of esters is 2. The number of rotatable bonds is 74. The number of nitrogens with zero attached hydrogens (tertiary/aromatic N) is 1. The molecule has 9 nitrogen and oxygen atoms in total. The molecule has 0 amide bonds. The SMILES string of the molecule is CCCCCCC/C=C\C/C=C\C/C=C\CCCCCCCCCCCCC(=O)OC(COC(=O)CCCCCCCCCCCCCCCCCCCCCCCCCCCCCCCCCCCCCCCCC)COC(OCC[N+](C)(C)C)C(=O)[O-]. The van der Waals surface area contributed by atoms with Gasteiger partial charge in [-0.1, -0.05) is 371 Å². The molecule has 0 radical (unpaired) electrons. The Labute approximate surface area is 553 Å². The number of carboxylic acid groups (broad SMARTS) is 1. The van der Waals surface area contributed by atoms with Gasteiger partial charge >= 0.3 is 11.9 Å². The number of allylic oxidation sites excluding steroid dienone is 6. The maximum atomic E-state index is 12.9. The summed E-state index contributed by atoms with van der Waals surface area (Å²) in [7, 11) is 5.94. The van der Waals surface area contributed by atoms with Crippen LogP contribution in [0.3, 0.4) is 0 Å². The molecule has 0 aliphatic carbocycles. The van der Waals surface area contributed by atoms with E-state index in [1.165, 1.54) is 315 Å². The van der Waals surface area contributed by atoms with E-state index in [2.05, 4.69) is 50.3 Å². The maximum Gasteiger partial charge on any atom is 0.306 e. The normalized spacial score (nSPS) is 12.8. The zero-order chi connectivity index (χ0) is 64.7. The van der Waals surface area contributed by atoms with Crippen LogP contribution in [0.25, 0.3) is 0 Å². The van der Waals surface area contributed by atoms with Crippen molar-refractivity contribution in [2.45, 2.75) is 411 Å². The molecular weight excluding hydrogens is 1100 g/mol. The van der Waals surface area contributed by atoms with Gasteiger partial charge in [0.1, 0.15) is 13.2 Å². The average molecular weight is 1260 g/mol. The summed E-state index contributed by atoms with van der Waals surface area (Å²) in [5.74, 6) is -2.26. The summed E-state index contributed by atoms with van der Waals surface area (Å²) in [6, 6.07) is 0. The molecule has 89 heavy (non-hydrogen) atoms. The summed E-state index contributed by atoms with van der Waals surface area (Å²) < 4.78 is 22.8. The third-order valence-corrected chi connectivity index (χ3v) is 17.9. The topological polar surface area (TPSA) is 111 Å². The van der Waals surface area contributed by atoms with E-state index in [0.29, 0.717) is 23.9 Å². The fourth-order valence-corrected chi connectivity index (χ4v) is 11.9. The Bertz CT molecular complexity index is 1550. The van der Waals surface area contributed by atoms with E-state index in [0.717, 1.165) is 51.4 Å². The minimum absolute atomic E-state index is 0.149. The summed E-state index contributed by atoms with van der Waals surface area (Å²) in [5.41, 5.74) is 0. The molecule has 0 aromatic rings. The molecule has 0 aromatic carbocycles. The van der Waals surface area contributed by atoms with Crippen molar-refractivity contribution in [2.75, 3.05) is 47.5 Å². The van der Waals surface area contributed by atoms with Crippen molar-refractivity contribution in [2.24, 2.45) is 0 Å². The van der Waals surface area contributed by atoms with Crippen LogP contribution in [0.15, 0.2) is 36.5 Å². The molecule has 0 aliphatic rings. The molecule has 0 bridgehead atoms. The summed E-state index contributed by atoms with van der Waals surface area (Å²) in [6.07, 6.45) is 88.5. The first-order valence-corrected chi connectivity index (χ1v) is 39.1. The average Bonchev–Trinajstić information content (AvgIpc) is 3.64. The van der Waals surface area contributed by atoms with E-state index >= 15 is 0 Å². The zero-order valence-corrected chi connectivity index (χ0v) is 60.1. The number of carboxylic acids is 1. The second-order valence-corrected chi connectivity index (χ2v) is 28.0. The first-order valence-electron chi connectivity index (χ1n) is 39.1. The minimum Gasteiger partial charge on any atom is -0.545 e. The largest absolute Gasteiger partial charge is 0.545 e. The molecule has 0 saturated heterocycles. The summed E-state index contributed by atoms with van der Waals surface area (Å²) in [5, 5.41) is 11.8. The summed E-state index contributed by atoms with van der Waals surface area (Å²) >= 11 is 0. The molecule has 0 rings (SSSR count). The monoisotopic (exact) mass is 1250 g/mol. The van der Waals surface area contributed by atoms with Crippen molar-refractivity contribution in [3.63, 3.8) is 0 Å². The number of aliphatic carboxylic acids is 1. The van der Waals surface area contributed by atoms with E-state index in [1.807, 2.05) is 21.1 Å². The highest BCUT2D eigenvalue weighted by molar-refractivity contribution is 5.70. The molecule has 2 unspecified atom stereocenters. The number of unbranched alkanes of at least 4 members (excludes halogenated alkanes) is 53. The Morgan fingerprint density at radius 1 is 0.337 bits per heavy atom. The van der Waals surface area contributed by atoms with Gasteiger partial charge in [-0.15, -0.1) is 0 Å². The lowest BCUT2D eigenvalue weighted by atomic mass is 10.0. The smallest absolute Gasteiger partial charge is 0.306 e. The first-order chi connectivity index (χ1) is 43.6. The maximum absolute atomic E-state index is 12.9. The van der Waals surface area contributed by atoms with Crippen LogP contribution in [-0.2, 0) is 33.3 Å². The van der Waals surface area contributed by atoms with Crippen molar-refractivity contribution >= 4 is 17.9 Å². The van der Waals surface area contributed by atoms with Gasteiger partial charge in [-0.2, -0.15) is 0 Å². The minimum atomic E-state index is -1.62. The molecule has 0 fully saturated rings. The second-order valence-electron chi connectivity index (χ2n) is 28.0. The summed E-state index contributed by atoms with van der Waals surface area (Å²) in [4.78, 5) is 37.5. The Morgan fingerprint density at radius 2 is 0.607 bits per heavy atom. The Kier molecular flexibility index (Phi) is 69.4. The van der Waals surface area contributed by atoms with Crippen LogP contribution >= 0.6 is 0 Å². The fraction of sp³-hybridized carbons (Fsp3) is 0.887. The van der Waals surface area contributed by atoms with Gasteiger partial charge in [0.15, 0.2) is 12.4 Å². The van der Waals surface area contributed by atoms with Crippen LogP contribution in [0, 0.1) is 0 Å². The first kappa shape index (κ1) is 86.5. The quantitative estimate of drug-likeness (QED) is 0.0195. The van der Waals surface area contributed by atoms with Crippen LogP contribution in [0.5, 0.6) is 0 Å². The molecule has 0 N–H and O–H groups in total. The van der Waals surface area contributed by atoms with E-state index in [9.17, 15) is 19.5 Å². The molecule has 2 atom stereocenters. The van der Waals surface area contributed by atoms with Gasteiger partial charge in [0, 0.05) is 12.8 Å². The van der Waals surface area contributed by atoms with Crippen molar-refractivity contribution < 1.29 is 42.9 Å². The number of carbonyl (C=O) groups is 3. The highest BCUT2D eigenvalue weighted by atomic mass is 16.7. The van der Waals surface area contributed by atoms with Gasteiger partial charge in [0.2, 0.25) is 0 Å². The van der Waals surface area contributed by atoms with E-state index < -0.39 is 24.3 Å². The fourth-order valence-electron chi connectivity index (χ4n) is 11.9. The Morgan fingerprint density at radius 3 is 0.899 bits per heavy atom. The Hall–Kier alpha value is -2.49. The lowest BCUT2D eigenvalue weighted by Gasteiger charge is -2.26. The predicted molar refractivity (Wildman–Crippen MR) is 380 cm³/mol. The van der Waals surface area contributed by atoms with Crippen molar-refractivity contribution in [3.8, 4) is 0 Å². The standard InChI is InChI=1S/C80H151NO8/c1-6-8-10-12-14-16-18-20-22-24-26-28-30-32-33-34-35-36-37-38-39-40-41-42-43-44-45-47-48-50-52-54-56-58-60-62-64-66-68-70-77(82)87-74-76(75-88-80(79(84)85)86-73-72-81(3,4)5)89-78(83)71-69-67-65-63-61-59-57-55-53-51-49-46-31-29-27-25-23-21-19-17-15-13-11-9-7-2/h19,21,25,27,31,46,76,80H,6-18,20,22-24,26,28-30,32-45,47-75H2,1-5H3/b21-19-,27-25-,46-31-. The van der Waals surface area contributed by atoms with Crippen LogP contribution in [0.4, 0.5) is 0 Å². The molecule has 0 spiro atoms. The number of quaternary nitrogens is 1. The van der Waals surface area contributed by atoms with Gasteiger partial charge < -0.3 is 33.3 Å². The van der Waals surface area contributed by atoms with Crippen molar-refractivity contribution in [1.29, 1.82) is 0 Å². The van der Waals surface area contributed by atoms with Crippen LogP contribution < -0.4 is 5.11 Å². The van der Waals surface area contributed by atoms with Crippen molar-refractivity contribution in [1.82, 2.24) is 0 Å². The third-order valence-electron chi connectivity index (χ3n) is 17.9. The van der Waals surface area contributed by atoms with Gasteiger partial charge in [-0.25, -0.2) is 0 Å². The molecule has 524 valence electrons. The third kappa shape index (κ3) is 72.8. The molecule has 0 saturated carbocycles. The van der Waals surface area contributed by atoms with E-state index in [4.69, 9.17) is 18.9 Å². The van der Waals surface area contributed by atoms with Gasteiger partial charge in [-0.05, 0) is 51.4 Å². The number of carbonyl (C=O) groups excluding carboxylic acids is 3. The highest BCUT2D eigenvalue weighted by Gasteiger charge is 2.22. The van der Waals surface area contributed by atoms with Gasteiger partial charge in [-0.3, -0.25) is 9.59 Å². The van der Waals surface area contributed by atoms with Crippen LogP contribution in [0.2, 0.25) is 0 Å². The number of hydrogen-bond donors (Lipinski definition) is 0. The highest BCUT2D eigenvalue weighted by Crippen LogP contribution is 2.20. The van der Waals surface area contributed by atoms with Gasteiger partial charge in [0.25, 0.3) is 0 Å². The van der Waals surface area contributed by atoms with E-state index in [1.54, 1.807) is 0 Å². The second kappa shape index (κ2) is 71.4. The van der Waals surface area contributed by atoms with Crippen molar-refractivity contribution in [3.05, 3.63) is 36.5 Å². The predicted octanol–water partition coefficient (Wildman–Crippen LogP) is 23.4. The lowest BCUT2D eigenvalue weighted by molar-refractivity contribution is -0.870. The number of hydrogen-bond acceptors (Lipinski definition) is 8. The van der Waals surface area contributed by atoms with E-state index in [-0.39, 0.29) is 32.2 Å². The van der Waals surface area contributed by atoms with Crippen LogP contribution in [0.1, 0.15) is 399 Å². The number of ether oxygens (including phenoxy) is 4. The Balaban J connectivity index is 3.95. The molecular formula is C80H151NO8. The number of likely N-dealkylation sites (N-methyl/N-ethyl adjacent to an activating group) is 1. The molecule has 0 heterocycles. The summed E-state index contributed by atoms with van der Waals surface area (Å²) in [6.45, 7) is 4.80. The zero-order valence-electron chi connectivity index (χ0n) is 60.1. The molecule has 9 heteroatoms. The molecule has 0 aliphatic heterocycles. The van der Waals surface area contributed by atoms with Gasteiger partial charge in [0.05, 0.1) is 40.3 Å².